The Labute approximate surface area is 158 Å². The summed E-state index contributed by atoms with van der Waals surface area (Å²) in [6.07, 6.45) is 15.1. The van der Waals surface area contributed by atoms with Crippen LogP contribution in [0.2, 0.25) is 0 Å². The van der Waals surface area contributed by atoms with Gasteiger partial charge in [-0.15, -0.1) is 0 Å². The average Bonchev–Trinajstić information content (AvgIpc) is 3.31. The first-order valence-corrected chi connectivity index (χ1v) is 10.7. The summed E-state index contributed by atoms with van der Waals surface area (Å²) < 4.78 is 0. The van der Waals surface area contributed by atoms with E-state index in [0.29, 0.717) is 17.7 Å². The van der Waals surface area contributed by atoms with Crippen molar-refractivity contribution in [3.05, 3.63) is 30.1 Å². The predicted molar refractivity (Wildman–Crippen MR) is 104 cm³/mol. The van der Waals surface area contributed by atoms with Gasteiger partial charge in [-0.05, 0) is 75.1 Å². The summed E-state index contributed by atoms with van der Waals surface area (Å²) in [5.41, 5.74) is 1.15. The summed E-state index contributed by atoms with van der Waals surface area (Å²) in [5, 5.41) is 0. The van der Waals surface area contributed by atoms with Crippen LogP contribution in [-0.2, 0) is 11.3 Å². The maximum Gasteiger partial charge on any atom is 0.223 e. The van der Waals surface area contributed by atoms with Gasteiger partial charge in [-0.25, -0.2) is 0 Å². The third-order valence-electron chi connectivity index (χ3n) is 6.58. The van der Waals surface area contributed by atoms with Gasteiger partial charge in [-0.2, -0.15) is 0 Å². The molecule has 0 N–H and O–H groups in total. The van der Waals surface area contributed by atoms with Gasteiger partial charge in [0, 0.05) is 37.9 Å². The van der Waals surface area contributed by atoms with E-state index < -0.39 is 0 Å². The van der Waals surface area contributed by atoms with E-state index in [1.54, 1.807) is 6.20 Å². The fourth-order valence-corrected chi connectivity index (χ4v) is 4.75. The SMILES string of the molecule is O=C(CC1CC1)N(Cc1cccnc1)CC1CCN(C2CCCC2)CC1. The van der Waals surface area contributed by atoms with Crippen LogP contribution in [-0.4, -0.2) is 46.4 Å². The molecule has 0 radical (unpaired) electrons. The fraction of sp³-hybridized carbons (Fsp3) is 0.727. The molecule has 1 aliphatic heterocycles. The molecule has 0 aromatic carbocycles. The van der Waals surface area contributed by atoms with Crippen LogP contribution in [0.5, 0.6) is 0 Å². The van der Waals surface area contributed by atoms with Gasteiger partial charge in [0.15, 0.2) is 0 Å². The minimum Gasteiger partial charge on any atom is -0.338 e. The van der Waals surface area contributed by atoms with Crippen molar-refractivity contribution in [2.24, 2.45) is 11.8 Å². The highest BCUT2D eigenvalue weighted by Crippen LogP contribution is 2.33. The minimum absolute atomic E-state index is 0.356. The van der Waals surface area contributed by atoms with Gasteiger partial charge >= 0.3 is 0 Å². The smallest absolute Gasteiger partial charge is 0.223 e. The number of hydrogen-bond acceptors (Lipinski definition) is 3. The highest BCUT2D eigenvalue weighted by molar-refractivity contribution is 5.76. The van der Waals surface area contributed by atoms with Crippen molar-refractivity contribution in [3.8, 4) is 0 Å². The van der Waals surface area contributed by atoms with E-state index in [1.807, 2.05) is 12.3 Å². The van der Waals surface area contributed by atoms with E-state index in [-0.39, 0.29) is 0 Å². The molecule has 26 heavy (non-hydrogen) atoms. The van der Waals surface area contributed by atoms with Crippen LogP contribution in [0.4, 0.5) is 0 Å². The Morgan fingerprint density at radius 2 is 1.85 bits per heavy atom. The molecule has 0 spiro atoms. The van der Waals surface area contributed by atoms with Crippen molar-refractivity contribution in [1.29, 1.82) is 0 Å². The van der Waals surface area contributed by atoms with E-state index in [4.69, 9.17) is 0 Å². The molecular weight excluding hydrogens is 322 g/mol. The Morgan fingerprint density at radius 3 is 2.50 bits per heavy atom. The molecule has 2 heterocycles. The number of carbonyl (C=O) groups excluding carboxylic acids is 1. The molecule has 2 aliphatic carbocycles. The lowest BCUT2D eigenvalue weighted by Gasteiger charge is -2.38. The van der Waals surface area contributed by atoms with Gasteiger partial charge < -0.3 is 9.80 Å². The summed E-state index contributed by atoms with van der Waals surface area (Å²) in [7, 11) is 0. The van der Waals surface area contributed by atoms with Crippen LogP contribution in [0.15, 0.2) is 24.5 Å². The lowest BCUT2D eigenvalue weighted by Crippen LogP contribution is -2.43. The molecule has 4 rings (SSSR count). The molecule has 1 aromatic rings. The standard InChI is InChI=1S/C22H33N3O/c26-22(14-18-7-8-18)25(17-20-4-3-11-23-15-20)16-19-9-12-24(13-10-19)21-5-1-2-6-21/h3-4,11,15,18-19,21H,1-2,5-10,12-14,16-17H2. The lowest BCUT2D eigenvalue weighted by atomic mass is 9.94. The van der Waals surface area contributed by atoms with E-state index in [2.05, 4.69) is 20.9 Å². The molecule has 1 aromatic heterocycles. The van der Waals surface area contributed by atoms with Crippen LogP contribution in [0, 0.1) is 11.8 Å². The summed E-state index contributed by atoms with van der Waals surface area (Å²) >= 11 is 0. The highest BCUT2D eigenvalue weighted by atomic mass is 16.2. The van der Waals surface area contributed by atoms with Crippen molar-refractivity contribution >= 4 is 5.91 Å². The first-order valence-electron chi connectivity index (χ1n) is 10.7. The number of amides is 1. The van der Waals surface area contributed by atoms with E-state index in [1.165, 1.54) is 64.5 Å². The molecule has 0 bridgehead atoms. The number of likely N-dealkylation sites (tertiary alicyclic amines) is 1. The molecule has 142 valence electrons. The van der Waals surface area contributed by atoms with Gasteiger partial charge in [-0.3, -0.25) is 9.78 Å². The van der Waals surface area contributed by atoms with E-state index in [9.17, 15) is 4.79 Å². The summed E-state index contributed by atoms with van der Waals surface area (Å²) in [6.45, 7) is 4.11. The van der Waals surface area contributed by atoms with Crippen molar-refractivity contribution in [1.82, 2.24) is 14.8 Å². The second kappa shape index (κ2) is 8.51. The molecule has 1 amide bonds. The number of nitrogens with zero attached hydrogens (tertiary/aromatic N) is 3. The predicted octanol–water partition coefficient (Wildman–Crippen LogP) is 3.86. The zero-order valence-corrected chi connectivity index (χ0v) is 16.0. The molecule has 3 fully saturated rings. The third-order valence-corrected chi connectivity index (χ3v) is 6.58. The Morgan fingerprint density at radius 1 is 1.08 bits per heavy atom. The molecule has 0 atom stereocenters. The Kier molecular flexibility index (Phi) is 5.88. The average molecular weight is 356 g/mol. The van der Waals surface area contributed by atoms with Crippen molar-refractivity contribution in [2.45, 2.75) is 70.4 Å². The zero-order chi connectivity index (χ0) is 17.8. The van der Waals surface area contributed by atoms with Gasteiger partial charge in [0.05, 0.1) is 0 Å². The lowest BCUT2D eigenvalue weighted by molar-refractivity contribution is -0.133. The van der Waals surface area contributed by atoms with Gasteiger partial charge in [0.25, 0.3) is 0 Å². The monoisotopic (exact) mass is 355 g/mol. The molecule has 3 aliphatic rings. The Bertz CT molecular complexity index is 572. The van der Waals surface area contributed by atoms with Crippen LogP contribution in [0.25, 0.3) is 0 Å². The number of rotatable bonds is 7. The topological polar surface area (TPSA) is 36.4 Å². The van der Waals surface area contributed by atoms with Crippen molar-refractivity contribution < 1.29 is 4.79 Å². The normalized spacial score (nSPS) is 22.6. The van der Waals surface area contributed by atoms with Crippen molar-refractivity contribution in [3.63, 3.8) is 0 Å². The molecule has 4 nitrogen and oxygen atoms in total. The largest absolute Gasteiger partial charge is 0.338 e. The quantitative estimate of drug-likeness (QED) is 0.745. The highest BCUT2D eigenvalue weighted by Gasteiger charge is 2.31. The fourth-order valence-electron chi connectivity index (χ4n) is 4.75. The summed E-state index contributed by atoms with van der Waals surface area (Å²) in [5.74, 6) is 1.67. The van der Waals surface area contributed by atoms with Crippen LogP contribution in [0.1, 0.15) is 63.4 Å². The number of piperidine rings is 1. The van der Waals surface area contributed by atoms with Crippen LogP contribution >= 0.6 is 0 Å². The molecule has 1 saturated heterocycles. The first-order chi connectivity index (χ1) is 12.8. The summed E-state index contributed by atoms with van der Waals surface area (Å²) in [4.78, 5) is 21.9. The van der Waals surface area contributed by atoms with Gasteiger partial charge in [-0.1, -0.05) is 18.9 Å². The van der Waals surface area contributed by atoms with Gasteiger partial charge in [0.2, 0.25) is 5.91 Å². The third kappa shape index (κ3) is 4.85. The number of aromatic nitrogens is 1. The Balaban J connectivity index is 1.32. The zero-order valence-electron chi connectivity index (χ0n) is 16.0. The van der Waals surface area contributed by atoms with Gasteiger partial charge in [0.1, 0.15) is 0 Å². The number of carbonyl (C=O) groups is 1. The second-order valence-electron chi connectivity index (χ2n) is 8.70. The molecule has 0 unspecified atom stereocenters. The first kappa shape index (κ1) is 18.0. The minimum atomic E-state index is 0.356. The van der Waals surface area contributed by atoms with Crippen LogP contribution < -0.4 is 0 Å². The molecular formula is C22H33N3O. The number of hydrogen-bond donors (Lipinski definition) is 0. The second-order valence-corrected chi connectivity index (χ2v) is 8.70. The summed E-state index contributed by atoms with van der Waals surface area (Å²) in [6, 6.07) is 4.91. The molecule has 4 heteroatoms. The molecule has 2 saturated carbocycles. The van der Waals surface area contributed by atoms with E-state index >= 15 is 0 Å². The maximum absolute atomic E-state index is 12.8. The maximum atomic E-state index is 12.8. The Hall–Kier alpha value is -1.42. The van der Waals surface area contributed by atoms with Crippen LogP contribution in [0.3, 0.4) is 0 Å². The number of pyridine rings is 1. The van der Waals surface area contributed by atoms with Crippen molar-refractivity contribution in [2.75, 3.05) is 19.6 Å². The van der Waals surface area contributed by atoms with E-state index in [0.717, 1.165) is 31.1 Å².